The summed E-state index contributed by atoms with van der Waals surface area (Å²) in [6.45, 7) is 8.21. The first-order valence-electron chi connectivity index (χ1n) is 10.7. The first-order valence-corrected chi connectivity index (χ1v) is 10.7. The van der Waals surface area contributed by atoms with Gasteiger partial charge in [0.1, 0.15) is 5.75 Å². The summed E-state index contributed by atoms with van der Waals surface area (Å²) < 4.78 is 5.14. The molecule has 0 bridgehead atoms. The van der Waals surface area contributed by atoms with Gasteiger partial charge in [-0.05, 0) is 84.1 Å². The lowest BCUT2D eigenvalue weighted by Crippen LogP contribution is -2.19. The van der Waals surface area contributed by atoms with E-state index in [1.54, 1.807) is 31.4 Å². The number of hydrazone groups is 1. The van der Waals surface area contributed by atoms with E-state index >= 15 is 0 Å². The number of benzene rings is 3. The molecule has 3 aromatic carbocycles. The molecule has 0 aliphatic carbocycles. The van der Waals surface area contributed by atoms with Gasteiger partial charge in [0.15, 0.2) is 0 Å². The number of amides is 2. The highest BCUT2D eigenvalue weighted by atomic mass is 16.5. The standard InChI is InChI=1S/C27H29N3O3/c1-18(19-10-16-24(33-5)17-11-19)29-30-26(32)21-8-14-23(15-9-21)28-25(31)20-6-12-22(13-7-20)27(2,3)4/h6-17H,1-5H3,(H,28,31)(H,30,32)/b29-18+. The van der Waals surface area contributed by atoms with Crippen LogP contribution in [0, 0.1) is 0 Å². The molecule has 0 saturated carbocycles. The number of carbonyl (C=O) groups is 2. The van der Waals surface area contributed by atoms with E-state index in [2.05, 4.69) is 36.6 Å². The molecule has 170 valence electrons. The average molecular weight is 444 g/mol. The topological polar surface area (TPSA) is 79.8 Å². The van der Waals surface area contributed by atoms with Gasteiger partial charge in [-0.2, -0.15) is 5.10 Å². The number of carbonyl (C=O) groups excluding carboxylic acids is 2. The largest absolute Gasteiger partial charge is 0.497 e. The zero-order valence-electron chi connectivity index (χ0n) is 19.6. The molecule has 6 heteroatoms. The van der Waals surface area contributed by atoms with E-state index in [0.717, 1.165) is 11.3 Å². The summed E-state index contributed by atoms with van der Waals surface area (Å²) in [6.07, 6.45) is 0. The molecule has 0 spiro atoms. The SMILES string of the molecule is COc1ccc(/C(C)=N/NC(=O)c2ccc(NC(=O)c3ccc(C(C)(C)C)cc3)cc2)cc1. The first kappa shape index (κ1) is 23.7. The van der Waals surface area contributed by atoms with E-state index in [4.69, 9.17) is 4.74 Å². The Labute approximate surface area is 194 Å². The number of ether oxygens (including phenoxy) is 1. The Bertz CT molecular complexity index is 1140. The van der Waals surface area contributed by atoms with Gasteiger partial charge in [-0.25, -0.2) is 5.43 Å². The number of hydrogen-bond donors (Lipinski definition) is 2. The highest BCUT2D eigenvalue weighted by Gasteiger charge is 2.14. The molecule has 0 atom stereocenters. The molecule has 6 nitrogen and oxygen atoms in total. The minimum absolute atomic E-state index is 0.0304. The van der Waals surface area contributed by atoms with Gasteiger partial charge in [-0.1, -0.05) is 32.9 Å². The molecule has 0 saturated heterocycles. The van der Waals surface area contributed by atoms with Crippen LogP contribution in [-0.4, -0.2) is 24.6 Å². The second kappa shape index (κ2) is 10.1. The van der Waals surface area contributed by atoms with Gasteiger partial charge in [0.2, 0.25) is 0 Å². The predicted molar refractivity (Wildman–Crippen MR) is 132 cm³/mol. The summed E-state index contributed by atoms with van der Waals surface area (Å²) in [5, 5.41) is 7.02. The fourth-order valence-corrected chi connectivity index (χ4v) is 3.13. The number of anilines is 1. The van der Waals surface area contributed by atoms with Crippen LogP contribution in [0.4, 0.5) is 5.69 Å². The van der Waals surface area contributed by atoms with Crippen molar-refractivity contribution >= 4 is 23.2 Å². The van der Waals surface area contributed by atoms with Crippen molar-refractivity contribution in [2.75, 3.05) is 12.4 Å². The lowest BCUT2D eigenvalue weighted by atomic mass is 9.87. The molecular formula is C27H29N3O3. The predicted octanol–water partition coefficient (Wildman–Crippen LogP) is 5.40. The summed E-state index contributed by atoms with van der Waals surface area (Å²) in [4.78, 5) is 25.0. The molecule has 0 aromatic heterocycles. The maximum Gasteiger partial charge on any atom is 0.271 e. The Kier molecular flexibility index (Phi) is 7.28. The van der Waals surface area contributed by atoms with Gasteiger partial charge < -0.3 is 10.1 Å². The van der Waals surface area contributed by atoms with Gasteiger partial charge in [-0.3, -0.25) is 9.59 Å². The second-order valence-corrected chi connectivity index (χ2v) is 8.73. The normalized spacial score (nSPS) is 11.6. The highest BCUT2D eigenvalue weighted by Crippen LogP contribution is 2.22. The zero-order chi connectivity index (χ0) is 24.0. The van der Waals surface area contributed by atoms with Crippen molar-refractivity contribution in [1.82, 2.24) is 5.43 Å². The fraction of sp³-hybridized carbons (Fsp3) is 0.222. The van der Waals surface area contributed by atoms with Crippen molar-refractivity contribution in [2.45, 2.75) is 33.1 Å². The highest BCUT2D eigenvalue weighted by molar-refractivity contribution is 6.05. The van der Waals surface area contributed by atoms with E-state index in [-0.39, 0.29) is 17.2 Å². The van der Waals surface area contributed by atoms with Crippen LogP contribution in [-0.2, 0) is 5.41 Å². The molecular weight excluding hydrogens is 414 g/mol. The van der Waals surface area contributed by atoms with Crippen LogP contribution in [0.1, 0.15) is 59.5 Å². The minimum Gasteiger partial charge on any atom is -0.497 e. The van der Waals surface area contributed by atoms with Crippen LogP contribution < -0.4 is 15.5 Å². The molecule has 0 heterocycles. The van der Waals surface area contributed by atoms with Crippen molar-refractivity contribution in [3.05, 3.63) is 95.1 Å². The molecule has 0 aliphatic heterocycles. The molecule has 3 rings (SSSR count). The number of methoxy groups -OCH3 is 1. The monoisotopic (exact) mass is 443 g/mol. The third kappa shape index (κ3) is 6.29. The van der Waals surface area contributed by atoms with Crippen LogP contribution in [0.2, 0.25) is 0 Å². The fourth-order valence-electron chi connectivity index (χ4n) is 3.13. The molecule has 0 unspecified atom stereocenters. The maximum absolute atomic E-state index is 12.5. The van der Waals surface area contributed by atoms with Gasteiger partial charge in [0.25, 0.3) is 11.8 Å². The molecule has 33 heavy (non-hydrogen) atoms. The number of hydrogen-bond acceptors (Lipinski definition) is 4. The van der Waals surface area contributed by atoms with Crippen molar-refractivity contribution in [2.24, 2.45) is 5.10 Å². The summed E-state index contributed by atoms with van der Waals surface area (Å²) in [5.41, 5.74) is 6.93. The van der Waals surface area contributed by atoms with Crippen LogP contribution in [0.3, 0.4) is 0 Å². The molecule has 3 aromatic rings. The Balaban J connectivity index is 1.59. The van der Waals surface area contributed by atoms with Crippen LogP contribution >= 0.6 is 0 Å². The lowest BCUT2D eigenvalue weighted by molar-refractivity contribution is 0.0954. The molecule has 0 radical (unpaired) electrons. The van der Waals surface area contributed by atoms with Crippen molar-refractivity contribution < 1.29 is 14.3 Å². The Hall–Kier alpha value is -3.93. The number of nitrogens with one attached hydrogen (secondary N) is 2. The maximum atomic E-state index is 12.5. The van der Waals surface area contributed by atoms with E-state index < -0.39 is 0 Å². The van der Waals surface area contributed by atoms with Crippen LogP contribution in [0.5, 0.6) is 5.75 Å². The molecule has 0 aliphatic rings. The van der Waals surface area contributed by atoms with Crippen LogP contribution in [0.25, 0.3) is 0 Å². The lowest BCUT2D eigenvalue weighted by Gasteiger charge is -2.19. The van der Waals surface area contributed by atoms with E-state index in [1.165, 1.54) is 5.56 Å². The van der Waals surface area contributed by atoms with Gasteiger partial charge >= 0.3 is 0 Å². The second-order valence-electron chi connectivity index (χ2n) is 8.73. The minimum atomic E-state index is -0.335. The average Bonchev–Trinajstić information content (AvgIpc) is 2.82. The summed E-state index contributed by atoms with van der Waals surface area (Å²) in [5.74, 6) is 0.218. The zero-order valence-corrected chi connectivity index (χ0v) is 19.6. The summed E-state index contributed by atoms with van der Waals surface area (Å²) in [6, 6.07) is 21.7. The Morgan fingerprint density at radius 3 is 1.82 bits per heavy atom. The van der Waals surface area contributed by atoms with Gasteiger partial charge in [0, 0.05) is 16.8 Å². The van der Waals surface area contributed by atoms with E-state index in [0.29, 0.717) is 22.5 Å². The Morgan fingerprint density at radius 1 is 0.758 bits per heavy atom. The third-order valence-corrected chi connectivity index (χ3v) is 5.25. The number of nitrogens with zero attached hydrogens (tertiary/aromatic N) is 1. The number of rotatable bonds is 6. The van der Waals surface area contributed by atoms with Crippen molar-refractivity contribution in [1.29, 1.82) is 0 Å². The third-order valence-electron chi connectivity index (χ3n) is 5.25. The van der Waals surface area contributed by atoms with Gasteiger partial charge in [0.05, 0.1) is 12.8 Å². The molecule has 2 N–H and O–H groups in total. The Morgan fingerprint density at radius 2 is 1.27 bits per heavy atom. The van der Waals surface area contributed by atoms with Crippen molar-refractivity contribution in [3.8, 4) is 5.75 Å². The van der Waals surface area contributed by atoms with Crippen molar-refractivity contribution in [3.63, 3.8) is 0 Å². The summed E-state index contributed by atoms with van der Waals surface area (Å²) in [7, 11) is 1.61. The first-order chi connectivity index (χ1) is 15.7. The van der Waals surface area contributed by atoms with Gasteiger partial charge in [-0.15, -0.1) is 0 Å². The quantitative estimate of drug-likeness (QED) is 0.395. The van der Waals surface area contributed by atoms with Crippen LogP contribution in [0.15, 0.2) is 77.9 Å². The van der Waals surface area contributed by atoms with E-state index in [1.807, 2.05) is 55.5 Å². The molecule has 2 amide bonds. The smallest absolute Gasteiger partial charge is 0.271 e. The van der Waals surface area contributed by atoms with E-state index in [9.17, 15) is 9.59 Å². The molecule has 0 fully saturated rings. The summed E-state index contributed by atoms with van der Waals surface area (Å²) >= 11 is 0.